The second kappa shape index (κ2) is 0.911. The number of epoxide rings is 1. The van der Waals surface area contributed by atoms with Crippen molar-refractivity contribution in [3.63, 3.8) is 0 Å². The fourth-order valence-electron chi connectivity index (χ4n) is 0.223. The van der Waals surface area contributed by atoms with Crippen LogP contribution < -0.4 is 5.73 Å². The third-order valence-electron chi connectivity index (χ3n) is 0.836. The first-order chi connectivity index (χ1) is 2.63. The van der Waals surface area contributed by atoms with Crippen molar-refractivity contribution in [3.05, 3.63) is 0 Å². The molecule has 0 aromatic rings. The molecule has 3 heteroatoms. The summed E-state index contributed by atoms with van der Waals surface area (Å²) in [4.78, 5) is -0.319. The Kier molecular flexibility index (Phi) is 0.673. The Morgan fingerprint density at radius 2 is 2.17 bits per heavy atom. The lowest BCUT2D eigenvalue weighted by molar-refractivity contribution is 0.369. The minimum absolute atomic E-state index is 0.138. The van der Waals surface area contributed by atoms with Crippen molar-refractivity contribution in [2.45, 2.75) is 18.1 Å². The van der Waals surface area contributed by atoms with Gasteiger partial charge in [-0.15, -0.1) is 12.6 Å². The van der Waals surface area contributed by atoms with Crippen LogP contribution in [0.1, 0.15) is 6.92 Å². The van der Waals surface area contributed by atoms with E-state index >= 15 is 0 Å². The van der Waals surface area contributed by atoms with Crippen LogP contribution >= 0.6 is 12.6 Å². The monoisotopic (exact) mass is 105 g/mol. The molecular weight excluding hydrogens is 98.1 g/mol. The minimum Gasteiger partial charge on any atom is -0.339 e. The molecule has 1 rings (SSSR count). The molecule has 0 bridgehead atoms. The van der Waals surface area contributed by atoms with Crippen LogP contribution in [0, 0.1) is 0 Å². The molecule has 6 heavy (non-hydrogen) atoms. The maximum absolute atomic E-state index is 5.20. The first-order valence-corrected chi connectivity index (χ1v) is 2.23. The van der Waals surface area contributed by atoms with Gasteiger partial charge in [0, 0.05) is 0 Å². The predicted octanol–water partition coefficient (Wildman–Crippen LogP) is -0.0526. The highest BCUT2D eigenvalue weighted by atomic mass is 32.1. The number of ether oxygens (including phenoxy) is 1. The van der Waals surface area contributed by atoms with Crippen molar-refractivity contribution in [2.75, 3.05) is 0 Å². The van der Waals surface area contributed by atoms with E-state index in [0.29, 0.717) is 0 Å². The number of hydrogen-bond donors (Lipinski definition) is 2. The van der Waals surface area contributed by atoms with Gasteiger partial charge in [-0.3, -0.25) is 0 Å². The van der Waals surface area contributed by atoms with E-state index in [-0.39, 0.29) is 11.2 Å². The van der Waals surface area contributed by atoms with Gasteiger partial charge in [-0.25, -0.2) is 0 Å². The molecule has 1 saturated heterocycles. The van der Waals surface area contributed by atoms with Crippen LogP contribution in [-0.2, 0) is 4.74 Å². The summed E-state index contributed by atoms with van der Waals surface area (Å²) < 4.78 is 4.75. The zero-order chi connectivity index (χ0) is 4.78. The van der Waals surface area contributed by atoms with Crippen LogP contribution in [0.4, 0.5) is 0 Å². The van der Waals surface area contributed by atoms with Crippen molar-refractivity contribution in [3.8, 4) is 0 Å². The van der Waals surface area contributed by atoms with E-state index < -0.39 is 0 Å². The van der Waals surface area contributed by atoms with Gasteiger partial charge in [0.15, 0.2) is 0 Å². The average Bonchev–Trinajstić information content (AvgIpc) is 1.73. The van der Waals surface area contributed by atoms with Crippen LogP contribution in [0.5, 0.6) is 0 Å². The van der Waals surface area contributed by atoms with Gasteiger partial charge < -0.3 is 10.5 Å². The normalized spacial score (nSPS) is 55.5. The van der Waals surface area contributed by atoms with E-state index in [4.69, 9.17) is 10.5 Å². The molecule has 0 amide bonds. The van der Waals surface area contributed by atoms with Crippen LogP contribution in [0.3, 0.4) is 0 Å². The van der Waals surface area contributed by atoms with Gasteiger partial charge in [0.2, 0.25) is 0 Å². The lowest BCUT2D eigenvalue weighted by atomic mass is 10.5. The van der Waals surface area contributed by atoms with Crippen molar-refractivity contribution in [1.82, 2.24) is 0 Å². The summed E-state index contributed by atoms with van der Waals surface area (Å²) in [6.07, 6.45) is -0.138. The quantitative estimate of drug-likeness (QED) is 0.335. The van der Waals surface area contributed by atoms with E-state index in [1.165, 1.54) is 0 Å². The molecule has 0 radical (unpaired) electrons. The number of nitrogens with two attached hydrogens (primary N) is 1. The molecule has 0 aromatic carbocycles. The Balaban J connectivity index is 2.41. The predicted molar refractivity (Wildman–Crippen MR) is 26.5 cm³/mol. The van der Waals surface area contributed by atoms with E-state index in [0.717, 1.165) is 0 Å². The number of rotatable bonds is 0. The summed E-state index contributed by atoms with van der Waals surface area (Å²) in [7, 11) is 0. The fourth-order valence-corrected chi connectivity index (χ4v) is 0.337. The van der Waals surface area contributed by atoms with E-state index in [9.17, 15) is 0 Å². The zero-order valence-corrected chi connectivity index (χ0v) is 4.40. The van der Waals surface area contributed by atoms with Crippen LogP contribution in [0.25, 0.3) is 0 Å². The first-order valence-electron chi connectivity index (χ1n) is 1.79. The molecule has 2 atom stereocenters. The molecule has 0 aliphatic carbocycles. The third-order valence-corrected chi connectivity index (χ3v) is 1.20. The van der Waals surface area contributed by atoms with Crippen molar-refractivity contribution in [2.24, 2.45) is 5.73 Å². The molecule has 1 heterocycles. The van der Waals surface area contributed by atoms with E-state index in [1.54, 1.807) is 0 Å². The number of hydrogen-bond acceptors (Lipinski definition) is 3. The first kappa shape index (κ1) is 4.43. The van der Waals surface area contributed by atoms with Crippen LogP contribution in [0.15, 0.2) is 0 Å². The third kappa shape index (κ3) is 0.531. The SMILES string of the molecule is CC1(S)OC1N. The maximum Gasteiger partial charge on any atom is 0.149 e. The van der Waals surface area contributed by atoms with E-state index in [1.807, 2.05) is 6.92 Å². The average molecular weight is 105 g/mol. The van der Waals surface area contributed by atoms with Crippen molar-refractivity contribution < 1.29 is 4.74 Å². The van der Waals surface area contributed by atoms with Crippen molar-refractivity contribution >= 4 is 12.6 Å². The fraction of sp³-hybridized carbons (Fsp3) is 1.00. The standard InChI is InChI=1S/C3H7NOS/c1-3(6)2(4)5-3/h2,6H,4H2,1H3. The van der Waals surface area contributed by atoms with Crippen LogP contribution in [-0.4, -0.2) is 11.2 Å². The lowest BCUT2D eigenvalue weighted by Crippen LogP contribution is -2.08. The van der Waals surface area contributed by atoms with Crippen molar-refractivity contribution in [1.29, 1.82) is 0 Å². The molecule has 2 unspecified atom stereocenters. The molecule has 36 valence electrons. The lowest BCUT2D eigenvalue weighted by Gasteiger charge is -1.83. The minimum atomic E-state index is -0.319. The largest absolute Gasteiger partial charge is 0.339 e. The molecule has 1 aliphatic rings. The summed E-state index contributed by atoms with van der Waals surface area (Å²) in [5.74, 6) is 0. The van der Waals surface area contributed by atoms with Gasteiger partial charge in [-0.1, -0.05) is 0 Å². The molecule has 1 fully saturated rings. The van der Waals surface area contributed by atoms with Gasteiger partial charge in [0.05, 0.1) is 0 Å². The molecule has 2 N–H and O–H groups in total. The summed E-state index contributed by atoms with van der Waals surface area (Å²) in [5.41, 5.74) is 5.20. The Morgan fingerprint density at radius 3 is 2.17 bits per heavy atom. The van der Waals surface area contributed by atoms with Gasteiger partial charge in [0.1, 0.15) is 11.2 Å². The second-order valence-corrected chi connectivity index (χ2v) is 2.48. The Labute approximate surface area is 42.1 Å². The Bertz CT molecular complexity index is 73.2. The molecule has 0 aromatic heterocycles. The van der Waals surface area contributed by atoms with Gasteiger partial charge in [-0.05, 0) is 6.92 Å². The molecule has 0 saturated carbocycles. The molecule has 0 spiro atoms. The highest BCUT2D eigenvalue weighted by Crippen LogP contribution is 2.35. The molecular formula is C3H7NOS. The summed E-state index contributed by atoms with van der Waals surface area (Å²) in [5, 5.41) is 0. The Hall–Kier alpha value is 0.270. The van der Waals surface area contributed by atoms with Gasteiger partial charge in [0.25, 0.3) is 0 Å². The molecule has 2 nitrogen and oxygen atoms in total. The topological polar surface area (TPSA) is 38.5 Å². The zero-order valence-electron chi connectivity index (χ0n) is 3.51. The highest BCUT2D eigenvalue weighted by Gasteiger charge is 2.46. The van der Waals surface area contributed by atoms with Gasteiger partial charge >= 0.3 is 0 Å². The second-order valence-electron chi connectivity index (χ2n) is 1.59. The summed E-state index contributed by atoms with van der Waals surface area (Å²) >= 11 is 3.98. The Morgan fingerprint density at radius 1 is 2.00 bits per heavy atom. The van der Waals surface area contributed by atoms with Crippen LogP contribution in [0.2, 0.25) is 0 Å². The highest BCUT2D eigenvalue weighted by molar-refractivity contribution is 7.82. The smallest absolute Gasteiger partial charge is 0.149 e. The maximum atomic E-state index is 5.20. The van der Waals surface area contributed by atoms with Gasteiger partial charge in [-0.2, -0.15) is 0 Å². The summed E-state index contributed by atoms with van der Waals surface area (Å²) in [6.45, 7) is 1.83. The summed E-state index contributed by atoms with van der Waals surface area (Å²) in [6, 6.07) is 0. The number of thiol groups is 1. The molecule has 1 aliphatic heterocycles. The van der Waals surface area contributed by atoms with E-state index in [2.05, 4.69) is 12.6 Å².